The average Bonchev–Trinajstić information content (AvgIpc) is 2.78. The van der Waals surface area contributed by atoms with Crippen molar-refractivity contribution in [2.75, 3.05) is 11.9 Å². The first-order valence-electron chi connectivity index (χ1n) is 9.51. The number of carbonyl (C=O) groups excluding carboxylic acids is 1. The highest BCUT2D eigenvalue weighted by Gasteiger charge is 2.11. The van der Waals surface area contributed by atoms with Gasteiger partial charge in [0.25, 0.3) is 11.6 Å². The van der Waals surface area contributed by atoms with E-state index in [4.69, 9.17) is 16.3 Å². The smallest absolute Gasteiger partial charge is 0.269 e. The average molecular weight is 448 g/mol. The third-order valence-electron chi connectivity index (χ3n) is 4.48. The molecule has 0 spiro atoms. The van der Waals surface area contributed by atoms with Crippen LogP contribution in [0.25, 0.3) is 11.6 Å². The van der Waals surface area contributed by atoms with Gasteiger partial charge in [-0.05, 0) is 61.0 Å². The number of carbonyl (C=O) groups is 1. The molecule has 3 aromatic rings. The summed E-state index contributed by atoms with van der Waals surface area (Å²) in [5.74, 6) is 0.0257. The maximum atomic E-state index is 12.3. The number of nitro groups is 1. The zero-order valence-electron chi connectivity index (χ0n) is 17.0. The first-order chi connectivity index (χ1) is 15.4. The summed E-state index contributed by atoms with van der Waals surface area (Å²) in [6.07, 6.45) is 1.56. The fourth-order valence-electron chi connectivity index (χ4n) is 2.84. The molecule has 1 amide bonds. The summed E-state index contributed by atoms with van der Waals surface area (Å²) in [5.41, 5.74) is 2.92. The van der Waals surface area contributed by atoms with E-state index in [2.05, 4.69) is 11.4 Å². The van der Waals surface area contributed by atoms with Gasteiger partial charge in [-0.25, -0.2) is 0 Å². The molecule has 0 saturated carbocycles. The van der Waals surface area contributed by atoms with Crippen LogP contribution < -0.4 is 10.1 Å². The maximum absolute atomic E-state index is 12.3. The number of ether oxygens (including phenoxy) is 1. The highest BCUT2D eigenvalue weighted by molar-refractivity contribution is 6.30. The molecule has 0 saturated heterocycles. The summed E-state index contributed by atoms with van der Waals surface area (Å²) in [4.78, 5) is 22.6. The molecule has 3 rings (SSSR count). The summed E-state index contributed by atoms with van der Waals surface area (Å²) in [7, 11) is 0. The summed E-state index contributed by atoms with van der Waals surface area (Å²) < 4.78 is 5.67. The molecule has 0 bridgehead atoms. The lowest BCUT2D eigenvalue weighted by atomic mass is 10.0. The maximum Gasteiger partial charge on any atom is 0.269 e. The number of benzene rings is 3. The second-order valence-corrected chi connectivity index (χ2v) is 7.30. The Morgan fingerprint density at radius 3 is 2.47 bits per heavy atom. The molecular weight excluding hydrogens is 430 g/mol. The van der Waals surface area contributed by atoms with Gasteiger partial charge >= 0.3 is 0 Å². The van der Waals surface area contributed by atoms with E-state index in [0.29, 0.717) is 27.6 Å². The zero-order chi connectivity index (χ0) is 23.1. The SMILES string of the molecule is Cc1ccc(NC(=O)COc2ccc(Cl)cc2/C=C(\C#N)c2ccc([N+](=O)[O-])cc2)cc1. The van der Waals surface area contributed by atoms with Crippen LogP contribution in [0.2, 0.25) is 5.02 Å². The van der Waals surface area contributed by atoms with Crippen molar-refractivity contribution in [1.29, 1.82) is 5.26 Å². The largest absolute Gasteiger partial charge is 0.483 e. The quantitative estimate of drug-likeness (QED) is 0.218. The minimum Gasteiger partial charge on any atom is -0.483 e. The van der Waals surface area contributed by atoms with Gasteiger partial charge in [0.15, 0.2) is 6.61 Å². The Morgan fingerprint density at radius 1 is 1.16 bits per heavy atom. The zero-order valence-corrected chi connectivity index (χ0v) is 17.8. The highest BCUT2D eigenvalue weighted by Crippen LogP contribution is 2.28. The van der Waals surface area contributed by atoms with Crippen LogP contribution in [0.1, 0.15) is 16.7 Å². The van der Waals surface area contributed by atoms with Gasteiger partial charge in [-0.1, -0.05) is 29.3 Å². The molecule has 32 heavy (non-hydrogen) atoms. The third-order valence-corrected chi connectivity index (χ3v) is 4.71. The number of nitriles is 1. The second kappa shape index (κ2) is 10.2. The van der Waals surface area contributed by atoms with Crippen molar-refractivity contribution < 1.29 is 14.5 Å². The molecule has 8 heteroatoms. The Kier molecular flexibility index (Phi) is 7.21. The molecule has 0 aliphatic heterocycles. The van der Waals surface area contributed by atoms with Crippen molar-refractivity contribution >= 4 is 40.5 Å². The van der Waals surface area contributed by atoms with Crippen molar-refractivity contribution in [3.63, 3.8) is 0 Å². The van der Waals surface area contributed by atoms with Gasteiger partial charge in [0, 0.05) is 28.4 Å². The van der Waals surface area contributed by atoms with Crippen molar-refractivity contribution in [3.05, 3.63) is 98.6 Å². The van der Waals surface area contributed by atoms with Crippen LogP contribution in [0.5, 0.6) is 5.75 Å². The molecule has 3 aromatic carbocycles. The summed E-state index contributed by atoms with van der Waals surface area (Å²) in [6, 6.07) is 19.9. The fourth-order valence-corrected chi connectivity index (χ4v) is 3.02. The fraction of sp³-hybridized carbons (Fsp3) is 0.0833. The molecule has 0 heterocycles. The lowest BCUT2D eigenvalue weighted by Crippen LogP contribution is -2.20. The van der Waals surface area contributed by atoms with Gasteiger partial charge in [-0.15, -0.1) is 0 Å². The van der Waals surface area contributed by atoms with Gasteiger partial charge in [0.1, 0.15) is 5.75 Å². The van der Waals surface area contributed by atoms with E-state index in [1.165, 1.54) is 24.3 Å². The first kappa shape index (κ1) is 22.5. The van der Waals surface area contributed by atoms with Gasteiger partial charge in [0.05, 0.1) is 16.6 Å². The third kappa shape index (κ3) is 5.94. The molecule has 0 aliphatic carbocycles. The topological polar surface area (TPSA) is 105 Å². The predicted molar refractivity (Wildman–Crippen MR) is 123 cm³/mol. The number of nitrogens with zero attached hydrogens (tertiary/aromatic N) is 2. The van der Waals surface area contributed by atoms with E-state index >= 15 is 0 Å². The van der Waals surface area contributed by atoms with Crippen LogP contribution in [0.3, 0.4) is 0 Å². The summed E-state index contributed by atoms with van der Waals surface area (Å²) in [6.45, 7) is 1.71. The van der Waals surface area contributed by atoms with Crippen LogP contribution in [0, 0.1) is 28.4 Å². The number of nitro benzene ring substituents is 1. The Morgan fingerprint density at radius 2 is 1.84 bits per heavy atom. The van der Waals surface area contributed by atoms with Crippen molar-refractivity contribution in [2.45, 2.75) is 6.92 Å². The van der Waals surface area contributed by atoms with Crippen molar-refractivity contribution in [1.82, 2.24) is 0 Å². The number of halogens is 1. The number of amides is 1. The second-order valence-electron chi connectivity index (χ2n) is 6.86. The van der Waals surface area contributed by atoms with Crippen LogP contribution in [-0.4, -0.2) is 17.4 Å². The Bertz CT molecular complexity index is 1210. The van der Waals surface area contributed by atoms with E-state index in [1.54, 1.807) is 36.4 Å². The van der Waals surface area contributed by atoms with Gasteiger partial charge in [-0.3, -0.25) is 14.9 Å². The number of rotatable bonds is 7. The molecule has 0 aliphatic rings. The Labute approximate surface area is 189 Å². The number of nitrogens with one attached hydrogen (secondary N) is 1. The van der Waals surface area contributed by atoms with Crippen molar-refractivity contribution in [3.8, 4) is 11.8 Å². The number of anilines is 1. The predicted octanol–water partition coefficient (Wildman–Crippen LogP) is 5.64. The monoisotopic (exact) mass is 447 g/mol. The van der Waals surface area contributed by atoms with Crippen LogP contribution >= 0.6 is 11.6 Å². The van der Waals surface area contributed by atoms with Crippen LogP contribution in [0.4, 0.5) is 11.4 Å². The van der Waals surface area contributed by atoms with Gasteiger partial charge in [0.2, 0.25) is 0 Å². The summed E-state index contributed by atoms with van der Waals surface area (Å²) in [5, 5.41) is 23.6. The normalized spacial score (nSPS) is 10.8. The number of hydrogen-bond acceptors (Lipinski definition) is 5. The van der Waals surface area contributed by atoms with E-state index in [0.717, 1.165) is 5.56 Å². The minimum absolute atomic E-state index is 0.0718. The number of non-ortho nitro benzene ring substituents is 1. The van der Waals surface area contributed by atoms with E-state index < -0.39 is 4.92 Å². The van der Waals surface area contributed by atoms with E-state index in [1.807, 2.05) is 19.1 Å². The lowest BCUT2D eigenvalue weighted by Gasteiger charge is -2.11. The molecule has 0 unspecified atom stereocenters. The Balaban J connectivity index is 1.79. The molecule has 7 nitrogen and oxygen atoms in total. The minimum atomic E-state index is -0.510. The van der Waals surface area contributed by atoms with Crippen LogP contribution in [-0.2, 0) is 4.79 Å². The summed E-state index contributed by atoms with van der Waals surface area (Å²) >= 11 is 6.11. The molecule has 0 aromatic heterocycles. The number of allylic oxidation sites excluding steroid dienone is 1. The first-order valence-corrected chi connectivity index (χ1v) is 9.89. The van der Waals surface area contributed by atoms with Gasteiger partial charge < -0.3 is 10.1 Å². The standard InChI is InChI=1S/C24H18ClN3O4/c1-16-2-7-21(8-3-16)27-24(29)15-32-23-11-6-20(25)13-18(23)12-19(14-26)17-4-9-22(10-5-17)28(30)31/h2-13H,15H2,1H3,(H,27,29)/b19-12+. The highest BCUT2D eigenvalue weighted by atomic mass is 35.5. The van der Waals surface area contributed by atoms with E-state index in [9.17, 15) is 20.2 Å². The van der Waals surface area contributed by atoms with E-state index in [-0.39, 0.29) is 23.8 Å². The molecule has 1 N–H and O–H groups in total. The lowest BCUT2D eigenvalue weighted by molar-refractivity contribution is -0.384. The molecular formula is C24H18ClN3O4. The van der Waals surface area contributed by atoms with Crippen molar-refractivity contribution in [2.24, 2.45) is 0 Å². The Hall–Kier alpha value is -4.15. The van der Waals surface area contributed by atoms with Crippen LogP contribution in [0.15, 0.2) is 66.7 Å². The molecule has 0 atom stereocenters. The number of hydrogen-bond donors (Lipinski definition) is 1. The molecule has 0 fully saturated rings. The molecule has 0 radical (unpaired) electrons. The number of aryl methyl sites for hydroxylation is 1. The van der Waals surface area contributed by atoms with Gasteiger partial charge in [-0.2, -0.15) is 5.26 Å². The molecule has 160 valence electrons.